The van der Waals surface area contributed by atoms with Gasteiger partial charge in [0.05, 0.1) is 23.4 Å². The Bertz CT molecular complexity index is 1170. The van der Waals surface area contributed by atoms with Gasteiger partial charge in [0.1, 0.15) is 16.5 Å². The van der Waals surface area contributed by atoms with Gasteiger partial charge in [-0.2, -0.15) is 0 Å². The number of aromatic amines is 1. The first-order valence-corrected chi connectivity index (χ1v) is 11.0. The molecule has 3 heterocycles. The van der Waals surface area contributed by atoms with E-state index in [0.29, 0.717) is 18.8 Å². The van der Waals surface area contributed by atoms with Crippen molar-refractivity contribution in [3.63, 3.8) is 0 Å². The van der Waals surface area contributed by atoms with E-state index in [0.717, 1.165) is 40.3 Å². The molecule has 1 aliphatic heterocycles. The maximum atomic E-state index is 13.0. The van der Waals surface area contributed by atoms with Crippen LogP contribution in [0.2, 0.25) is 0 Å². The minimum absolute atomic E-state index is 0.0532. The summed E-state index contributed by atoms with van der Waals surface area (Å²) in [5, 5.41) is 2.16. The molecule has 0 radical (unpaired) electrons. The van der Waals surface area contributed by atoms with Crippen molar-refractivity contribution in [2.75, 3.05) is 33.3 Å². The third-order valence-corrected chi connectivity index (χ3v) is 7.08. The van der Waals surface area contributed by atoms with Crippen LogP contribution in [0.5, 0.6) is 5.75 Å². The van der Waals surface area contributed by atoms with Crippen molar-refractivity contribution in [1.29, 1.82) is 0 Å². The number of carbonyl (C=O) groups excluding carboxylic acids is 1. The van der Waals surface area contributed by atoms with E-state index in [1.54, 1.807) is 18.4 Å². The van der Waals surface area contributed by atoms with E-state index in [2.05, 4.69) is 35.0 Å². The van der Waals surface area contributed by atoms with Crippen LogP contribution in [0.1, 0.15) is 28.5 Å². The Labute approximate surface area is 179 Å². The minimum atomic E-state index is 0.0532. The second-order valence-corrected chi connectivity index (χ2v) is 8.72. The number of fused-ring (bicyclic) bond motifs is 2. The molecule has 154 valence electrons. The van der Waals surface area contributed by atoms with Gasteiger partial charge >= 0.3 is 0 Å². The predicted octanol–water partition coefficient (Wildman–Crippen LogP) is 4.31. The lowest BCUT2D eigenvalue weighted by atomic mass is 10.2. The fourth-order valence-corrected chi connectivity index (χ4v) is 5.11. The van der Waals surface area contributed by atoms with Gasteiger partial charge in [0.25, 0.3) is 5.91 Å². The number of amides is 1. The fraction of sp³-hybridized carbons (Fsp3) is 0.304. The van der Waals surface area contributed by atoms with Gasteiger partial charge in [0.15, 0.2) is 0 Å². The lowest BCUT2D eigenvalue weighted by Crippen LogP contribution is -2.49. The molecule has 0 aliphatic carbocycles. The van der Waals surface area contributed by atoms with Crippen LogP contribution in [-0.4, -0.2) is 59.0 Å². The summed E-state index contributed by atoms with van der Waals surface area (Å²) in [7, 11) is 1.64. The molecule has 1 unspecified atom stereocenters. The molecule has 1 N–H and O–H groups in total. The number of benzene rings is 2. The number of thiazole rings is 1. The van der Waals surface area contributed by atoms with E-state index in [4.69, 9.17) is 9.72 Å². The highest BCUT2D eigenvalue weighted by atomic mass is 32.1. The van der Waals surface area contributed by atoms with Crippen molar-refractivity contribution in [3.8, 4) is 5.75 Å². The molecule has 1 amide bonds. The molecule has 30 heavy (non-hydrogen) atoms. The van der Waals surface area contributed by atoms with Gasteiger partial charge in [-0.05, 0) is 37.3 Å². The molecular weight excluding hydrogens is 396 g/mol. The van der Waals surface area contributed by atoms with Crippen LogP contribution in [0.15, 0.2) is 48.5 Å². The number of nitrogens with zero attached hydrogens (tertiary/aromatic N) is 3. The maximum Gasteiger partial charge on any atom is 0.270 e. The molecule has 1 saturated heterocycles. The maximum absolute atomic E-state index is 13.0. The second kappa shape index (κ2) is 7.74. The van der Waals surface area contributed by atoms with Gasteiger partial charge < -0.3 is 14.6 Å². The van der Waals surface area contributed by atoms with Crippen LogP contribution in [-0.2, 0) is 0 Å². The number of methoxy groups -OCH3 is 1. The van der Waals surface area contributed by atoms with E-state index in [1.807, 2.05) is 35.2 Å². The smallest absolute Gasteiger partial charge is 0.270 e. The standard InChI is InChI=1S/C23H24N4O2S/c1-15(22-25-18-5-3-4-6-21(18)30-22)26-9-11-27(12-10-26)23(28)20-13-16-7-8-17(29-2)14-19(16)24-20/h3-8,13-15,24H,9-12H2,1-2H3. The van der Waals surface area contributed by atoms with Gasteiger partial charge in [-0.25, -0.2) is 4.98 Å². The monoisotopic (exact) mass is 420 g/mol. The zero-order valence-corrected chi connectivity index (χ0v) is 17.9. The predicted molar refractivity (Wildman–Crippen MR) is 120 cm³/mol. The number of H-pyrrole nitrogens is 1. The molecule has 1 fully saturated rings. The van der Waals surface area contributed by atoms with Gasteiger partial charge in [-0.15, -0.1) is 11.3 Å². The number of hydrogen-bond acceptors (Lipinski definition) is 5. The Morgan fingerprint density at radius 2 is 1.93 bits per heavy atom. The van der Waals surface area contributed by atoms with Crippen LogP contribution in [0.4, 0.5) is 0 Å². The molecule has 5 rings (SSSR count). The lowest BCUT2D eigenvalue weighted by Gasteiger charge is -2.37. The molecule has 0 spiro atoms. The topological polar surface area (TPSA) is 61.5 Å². The number of para-hydroxylation sites is 1. The number of carbonyl (C=O) groups is 1. The summed E-state index contributed by atoms with van der Waals surface area (Å²) in [6.45, 7) is 5.33. The summed E-state index contributed by atoms with van der Waals surface area (Å²) in [5.41, 5.74) is 2.61. The number of aromatic nitrogens is 2. The van der Waals surface area contributed by atoms with Crippen molar-refractivity contribution in [1.82, 2.24) is 19.8 Å². The van der Waals surface area contributed by atoms with E-state index >= 15 is 0 Å². The van der Waals surface area contributed by atoms with Crippen molar-refractivity contribution in [2.24, 2.45) is 0 Å². The molecule has 2 aromatic carbocycles. The van der Waals surface area contributed by atoms with Crippen molar-refractivity contribution in [3.05, 3.63) is 59.2 Å². The Morgan fingerprint density at radius 1 is 1.13 bits per heavy atom. The van der Waals surface area contributed by atoms with Crippen molar-refractivity contribution < 1.29 is 9.53 Å². The van der Waals surface area contributed by atoms with Crippen LogP contribution < -0.4 is 4.74 Å². The highest BCUT2D eigenvalue weighted by molar-refractivity contribution is 7.18. The SMILES string of the molecule is COc1ccc2cc(C(=O)N3CCN(C(C)c4nc5ccccc5s4)CC3)[nH]c2c1. The molecule has 2 aromatic heterocycles. The number of piperazine rings is 1. The molecule has 1 aliphatic rings. The number of ether oxygens (including phenoxy) is 1. The normalized spacial score (nSPS) is 16.3. The van der Waals surface area contributed by atoms with E-state index in [1.165, 1.54) is 4.70 Å². The first-order valence-electron chi connectivity index (χ1n) is 10.2. The lowest BCUT2D eigenvalue weighted by molar-refractivity contribution is 0.0577. The summed E-state index contributed by atoms with van der Waals surface area (Å²) in [5.74, 6) is 0.832. The largest absolute Gasteiger partial charge is 0.497 e. The molecular formula is C23H24N4O2S. The zero-order valence-electron chi connectivity index (χ0n) is 17.1. The van der Waals surface area contributed by atoms with Gasteiger partial charge in [-0.1, -0.05) is 12.1 Å². The second-order valence-electron chi connectivity index (χ2n) is 7.66. The molecule has 0 bridgehead atoms. The highest BCUT2D eigenvalue weighted by Crippen LogP contribution is 2.30. The third-order valence-electron chi connectivity index (χ3n) is 5.88. The molecule has 4 aromatic rings. The quantitative estimate of drug-likeness (QED) is 0.535. The molecule has 1 atom stereocenters. The summed E-state index contributed by atoms with van der Waals surface area (Å²) in [6, 6.07) is 16.2. The van der Waals surface area contributed by atoms with E-state index < -0.39 is 0 Å². The summed E-state index contributed by atoms with van der Waals surface area (Å²) < 4.78 is 6.50. The van der Waals surface area contributed by atoms with Gasteiger partial charge in [0, 0.05) is 43.1 Å². The first-order chi connectivity index (χ1) is 14.6. The Kier molecular flexibility index (Phi) is 4.92. The van der Waals surface area contributed by atoms with Crippen LogP contribution >= 0.6 is 11.3 Å². The zero-order chi connectivity index (χ0) is 20.7. The number of nitrogens with one attached hydrogen (secondary N) is 1. The Morgan fingerprint density at radius 3 is 2.70 bits per heavy atom. The highest BCUT2D eigenvalue weighted by Gasteiger charge is 2.27. The van der Waals surface area contributed by atoms with Crippen LogP contribution in [0.3, 0.4) is 0 Å². The first kappa shape index (κ1) is 19.1. The minimum Gasteiger partial charge on any atom is -0.497 e. The third kappa shape index (κ3) is 3.44. The number of rotatable bonds is 4. The number of hydrogen-bond donors (Lipinski definition) is 1. The van der Waals surface area contributed by atoms with E-state index in [9.17, 15) is 4.79 Å². The summed E-state index contributed by atoms with van der Waals surface area (Å²) in [4.78, 5) is 25.4. The van der Waals surface area contributed by atoms with Crippen molar-refractivity contribution >= 4 is 38.4 Å². The van der Waals surface area contributed by atoms with Crippen LogP contribution in [0.25, 0.3) is 21.1 Å². The molecule has 7 heteroatoms. The Balaban J connectivity index is 1.26. The average molecular weight is 421 g/mol. The average Bonchev–Trinajstić information content (AvgIpc) is 3.41. The molecule has 0 saturated carbocycles. The van der Waals surface area contributed by atoms with Gasteiger partial charge in [-0.3, -0.25) is 9.69 Å². The Hall–Kier alpha value is -2.90. The van der Waals surface area contributed by atoms with E-state index in [-0.39, 0.29) is 11.9 Å². The summed E-state index contributed by atoms with van der Waals surface area (Å²) >= 11 is 1.76. The van der Waals surface area contributed by atoms with Crippen molar-refractivity contribution in [2.45, 2.75) is 13.0 Å². The van der Waals surface area contributed by atoms with Crippen LogP contribution in [0, 0.1) is 0 Å². The summed E-state index contributed by atoms with van der Waals surface area (Å²) in [6.07, 6.45) is 0. The fourth-order valence-electron chi connectivity index (χ4n) is 4.06. The van der Waals surface area contributed by atoms with Gasteiger partial charge in [0.2, 0.25) is 0 Å². The molecule has 6 nitrogen and oxygen atoms in total.